The van der Waals surface area contributed by atoms with E-state index >= 15 is 0 Å². The molecule has 0 aromatic heterocycles. The summed E-state index contributed by atoms with van der Waals surface area (Å²) in [6.45, 7) is 4.45. The first kappa shape index (κ1) is 11.4. The number of hydrogen-bond donors (Lipinski definition) is 2. The number of anilines is 1. The van der Waals surface area contributed by atoms with E-state index in [0.29, 0.717) is 12.1 Å². The number of benzene rings is 1. The highest BCUT2D eigenvalue weighted by atomic mass is 16.3. The summed E-state index contributed by atoms with van der Waals surface area (Å²) >= 11 is 0. The number of rotatable bonds is 3. The Morgan fingerprint density at radius 3 is 2.75 bits per heavy atom. The Kier molecular flexibility index (Phi) is 3.80. The van der Waals surface area contributed by atoms with Crippen LogP contribution < -0.4 is 10.2 Å². The fourth-order valence-electron chi connectivity index (χ4n) is 2.47. The quantitative estimate of drug-likeness (QED) is 0.804. The Labute approximate surface area is 97.1 Å². The van der Waals surface area contributed by atoms with Crippen molar-refractivity contribution in [3.8, 4) is 0 Å². The minimum Gasteiger partial charge on any atom is -0.396 e. The zero-order valence-electron chi connectivity index (χ0n) is 9.76. The lowest BCUT2D eigenvalue weighted by Gasteiger charge is -2.42. The minimum atomic E-state index is 0.252. The van der Waals surface area contributed by atoms with Gasteiger partial charge in [0, 0.05) is 37.5 Å². The Hall–Kier alpha value is -1.06. The van der Waals surface area contributed by atoms with Crippen molar-refractivity contribution in [2.45, 2.75) is 25.4 Å². The molecule has 1 aliphatic rings. The first-order chi connectivity index (χ1) is 7.83. The average Bonchev–Trinajstić information content (AvgIpc) is 2.31. The molecule has 2 rings (SSSR count). The van der Waals surface area contributed by atoms with Gasteiger partial charge in [0.15, 0.2) is 0 Å². The number of hydrogen-bond acceptors (Lipinski definition) is 3. The van der Waals surface area contributed by atoms with Crippen molar-refractivity contribution < 1.29 is 5.11 Å². The standard InChI is InChI=1S/C13H20N2O/c1-11-9-14-10-13(7-8-16)15(11)12-5-3-2-4-6-12/h2-6,11,13-14,16H,7-10H2,1H3. The molecule has 0 aliphatic carbocycles. The van der Waals surface area contributed by atoms with Gasteiger partial charge in [-0.15, -0.1) is 0 Å². The fourth-order valence-corrected chi connectivity index (χ4v) is 2.47. The van der Waals surface area contributed by atoms with Gasteiger partial charge < -0.3 is 15.3 Å². The van der Waals surface area contributed by atoms with E-state index in [-0.39, 0.29) is 6.61 Å². The van der Waals surface area contributed by atoms with Crippen LogP contribution in [-0.4, -0.2) is 36.9 Å². The molecule has 1 fully saturated rings. The van der Waals surface area contributed by atoms with Crippen molar-refractivity contribution >= 4 is 5.69 Å². The second-order valence-corrected chi connectivity index (χ2v) is 4.42. The molecule has 88 valence electrons. The summed E-state index contributed by atoms with van der Waals surface area (Å²) < 4.78 is 0. The topological polar surface area (TPSA) is 35.5 Å². The van der Waals surface area contributed by atoms with Gasteiger partial charge in [0.25, 0.3) is 0 Å². The molecule has 0 radical (unpaired) electrons. The van der Waals surface area contributed by atoms with Crippen LogP contribution in [0, 0.1) is 0 Å². The highest BCUT2D eigenvalue weighted by molar-refractivity contribution is 5.48. The van der Waals surface area contributed by atoms with Crippen LogP contribution in [0.3, 0.4) is 0 Å². The molecule has 0 saturated carbocycles. The molecule has 0 bridgehead atoms. The van der Waals surface area contributed by atoms with Crippen molar-refractivity contribution in [2.24, 2.45) is 0 Å². The molecule has 0 spiro atoms. The van der Waals surface area contributed by atoms with Crippen molar-refractivity contribution in [3.05, 3.63) is 30.3 Å². The Morgan fingerprint density at radius 1 is 1.31 bits per heavy atom. The van der Waals surface area contributed by atoms with E-state index < -0.39 is 0 Å². The zero-order chi connectivity index (χ0) is 11.4. The maximum Gasteiger partial charge on any atom is 0.0451 e. The third-order valence-corrected chi connectivity index (χ3v) is 3.20. The van der Waals surface area contributed by atoms with Gasteiger partial charge in [0.2, 0.25) is 0 Å². The zero-order valence-corrected chi connectivity index (χ0v) is 9.76. The second kappa shape index (κ2) is 5.32. The third kappa shape index (κ3) is 2.36. The van der Waals surface area contributed by atoms with Gasteiger partial charge in [-0.3, -0.25) is 0 Å². The molecule has 2 atom stereocenters. The molecule has 1 aliphatic heterocycles. The highest BCUT2D eigenvalue weighted by Gasteiger charge is 2.26. The van der Waals surface area contributed by atoms with Crippen LogP contribution in [0.1, 0.15) is 13.3 Å². The Bertz CT molecular complexity index is 313. The van der Waals surface area contributed by atoms with Crippen LogP contribution in [0.15, 0.2) is 30.3 Å². The summed E-state index contributed by atoms with van der Waals surface area (Å²) in [5.41, 5.74) is 1.26. The number of aliphatic hydroxyl groups is 1. The number of aliphatic hydroxyl groups excluding tert-OH is 1. The number of piperazine rings is 1. The number of para-hydroxylation sites is 1. The van der Waals surface area contributed by atoms with Crippen molar-refractivity contribution in [1.82, 2.24) is 5.32 Å². The van der Waals surface area contributed by atoms with Gasteiger partial charge in [-0.2, -0.15) is 0 Å². The molecule has 16 heavy (non-hydrogen) atoms. The third-order valence-electron chi connectivity index (χ3n) is 3.20. The molecular weight excluding hydrogens is 200 g/mol. The smallest absolute Gasteiger partial charge is 0.0451 e. The molecule has 0 amide bonds. The van der Waals surface area contributed by atoms with Gasteiger partial charge >= 0.3 is 0 Å². The van der Waals surface area contributed by atoms with Crippen LogP contribution in [0.5, 0.6) is 0 Å². The van der Waals surface area contributed by atoms with Crippen LogP contribution in [0.4, 0.5) is 5.69 Å². The summed E-state index contributed by atoms with van der Waals surface area (Å²) in [4.78, 5) is 2.42. The lowest BCUT2D eigenvalue weighted by Crippen LogP contribution is -2.56. The van der Waals surface area contributed by atoms with E-state index in [2.05, 4.69) is 41.4 Å². The van der Waals surface area contributed by atoms with E-state index in [1.54, 1.807) is 0 Å². The predicted octanol–water partition coefficient (Wildman–Crippen LogP) is 1.24. The van der Waals surface area contributed by atoms with E-state index in [9.17, 15) is 0 Å². The van der Waals surface area contributed by atoms with Crippen LogP contribution in [0.25, 0.3) is 0 Å². The van der Waals surface area contributed by atoms with Crippen LogP contribution in [-0.2, 0) is 0 Å². The van der Waals surface area contributed by atoms with Crippen LogP contribution >= 0.6 is 0 Å². The van der Waals surface area contributed by atoms with Gasteiger partial charge in [0.05, 0.1) is 0 Å². The average molecular weight is 220 g/mol. The predicted molar refractivity (Wildman–Crippen MR) is 66.7 cm³/mol. The SMILES string of the molecule is CC1CNCC(CCO)N1c1ccccc1. The number of nitrogens with zero attached hydrogens (tertiary/aromatic N) is 1. The van der Waals surface area contributed by atoms with E-state index in [1.165, 1.54) is 5.69 Å². The Morgan fingerprint density at radius 2 is 2.06 bits per heavy atom. The molecule has 1 aromatic carbocycles. The minimum absolute atomic E-state index is 0.252. The van der Waals surface area contributed by atoms with Crippen LogP contribution in [0.2, 0.25) is 0 Å². The maximum atomic E-state index is 9.12. The normalized spacial score (nSPS) is 25.8. The molecular formula is C13H20N2O. The first-order valence-electron chi connectivity index (χ1n) is 5.98. The summed E-state index contributed by atoms with van der Waals surface area (Å²) in [6, 6.07) is 11.3. The summed E-state index contributed by atoms with van der Waals surface area (Å²) in [7, 11) is 0. The monoisotopic (exact) mass is 220 g/mol. The van der Waals surface area contributed by atoms with Crippen molar-refractivity contribution in [3.63, 3.8) is 0 Å². The number of nitrogens with one attached hydrogen (secondary N) is 1. The molecule has 2 unspecified atom stereocenters. The van der Waals surface area contributed by atoms with Gasteiger partial charge in [0.1, 0.15) is 0 Å². The molecule has 1 aromatic rings. The summed E-state index contributed by atoms with van der Waals surface area (Å²) in [5.74, 6) is 0. The molecule has 3 heteroatoms. The second-order valence-electron chi connectivity index (χ2n) is 4.42. The molecule has 1 heterocycles. The van der Waals surface area contributed by atoms with Gasteiger partial charge in [-0.25, -0.2) is 0 Å². The lowest BCUT2D eigenvalue weighted by molar-refractivity contribution is 0.259. The van der Waals surface area contributed by atoms with Crippen molar-refractivity contribution in [1.29, 1.82) is 0 Å². The first-order valence-corrected chi connectivity index (χ1v) is 5.98. The summed E-state index contributed by atoms with van der Waals surface area (Å²) in [6.07, 6.45) is 0.826. The Balaban J connectivity index is 2.19. The molecule has 1 saturated heterocycles. The van der Waals surface area contributed by atoms with E-state index in [1.807, 2.05) is 6.07 Å². The summed E-state index contributed by atoms with van der Waals surface area (Å²) in [5, 5.41) is 12.5. The van der Waals surface area contributed by atoms with Gasteiger partial charge in [-0.1, -0.05) is 18.2 Å². The largest absolute Gasteiger partial charge is 0.396 e. The fraction of sp³-hybridized carbons (Fsp3) is 0.538. The maximum absolute atomic E-state index is 9.12. The highest BCUT2D eigenvalue weighted by Crippen LogP contribution is 2.22. The molecule has 2 N–H and O–H groups in total. The molecule has 3 nitrogen and oxygen atoms in total. The van der Waals surface area contributed by atoms with E-state index in [0.717, 1.165) is 19.5 Å². The van der Waals surface area contributed by atoms with Gasteiger partial charge in [-0.05, 0) is 25.5 Å². The van der Waals surface area contributed by atoms with E-state index in [4.69, 9.17) is 5.11 Å². The van der Waals surface area contributed by atoms with Crippen molar-refractivity contribution in [2.75, 3.05) is 24.6 Å². The lowest BCUT2D eigenvalue weighted by atomic mass is 10.0.